The summed E-state index contributed by atoms with van der Waals surface area (Å²) >= 11 is 9.45. The number of fused-ring (bicyclic) bond motifs is 1. The van der Waals surface area contributed by atoms with Gasteiger partial charge in [0, 0.05) is 34.8 Å². The third kappa shape index (κ3) is 3.26. The van der Waals surface area contributed by atoms with Gasteiger partial charge in [0.1, 0.15) is 5.82 Å². The van der Waals surface area contributed by atoms with E-state index in [0.717, 1.165) is 15.2 Å². The van der Waals surface area contributed by atoms with Crippen LogP contribution in [0.25, 0.3) is 10.8 Å². The van der Waals surface area contributed by atoms with E-state index in [2.05, 4.69) is 26.2 Å². The van der Waals surface area contributed by atoms with E-state index in [9.17, 15) is 13.6 Å². The van der Waals surface area contributed by atoms with Crippen LogP contribution >= 0.6 is 27.5 Å². The van der Waals surface area contributed by atoms with Crippen molar-refractivity contribution >= 4 is 50.0 Å². The first-order valence-corrected chi connectivity index (χ1v) is 9.39. The lowest BCUT2D eigenvalue weighted by atomic mass is 9.82. The first-order chi connectivity index (χ1) is 11.8. The van der Waals surface area contributed by atoms with E-state index in [1.165, 1.54) is 0 Å². The second kappa shape index (κ2) is 5.88. The highest BCUT2D eigenvalue weighted by atomic mass is 79.9. The molecule has 1 aromatic carbocycles. The van der Waals surface area contributed by atoms with Crippen LogP contribution in [0.15, 0.2) is 28.9 Å². The molecule has 7 heteroatoms. The highest BCUT2D eigenvalue weighted by Gasteiger charge is 2.60. The minimum absolute atomic E-state index is 0.111. The van der Waals surface area contributed by atoms with Crippen molar-refractivity contribution in [2.45, 2.75) is 38.0 Å². The molecule has 0 unspecified atom stereocenters. The average Bonchev–Trinajstić information content (AvgIpc) is 3.27. The summed E-state index contributed by atoms with van der Waals surface area (Å²) in [5, 5.41) is 5.22. The lowest BCUT2D eigenvalue weighted by molar-refractivity contribution is -0.119. The van der Waals surface area contributed by atoms with Crippen LogP contribution in [0.4, 0.5) is 14.6 Å². The lowest BCUT2D eigenvalue weighted by Gasteiger charge is -2.28. The molecule has 2 aliphatic rings. The number of alkyl halides is 2. The molecular weight excluding hydrogens is 414 g/mol. The maximum absolute atomic E-state index is 13.3. The first-order valence-electron chi connectivity index (χ1n) is 8.22. The molecule has 4 rings (SSSR count). The van der Waals surface area contributed by atoms with Gasteiger partial charge in [-0.25, -0.2) is 13.8 Å². The molecule has 2 fully saturated rings. The molecular formula is C18H16BrClF2N2O. The van der Waals surface area contributed by atoms with Crippen molar-refractivity contribution in [2.24, 2.45) is 11.3 Å². The molecule has 2 aromatic rings. The summed E-state index contributed by atoms with van der Waals surface area (Å²) in [6.07, 6.45) is 2.99. The number of carbonyl (C=O) groups is 1. The van der Waals surface area contributed by atoms with Gasteiger partial charge in [-0.05, 0) is 64.2 Å². The van der Waals surface area contributed by atoms with Crippen LogP contribution in [0.2, 0.25) is 5.02 Å². The molecule has 1 N–H and O–H groups in total. The van der Waals surface area contributed by atoms with Crippen LogP contribution in [0, 0.1) is 11.3 Å². The standard InChI is InChI=1S/C18H16BrClF2N2O/c19-13-5-10-7-15(23-9-11(10)6-14(13)20)24-16(25)12-8-17(12)1-3-18(21,22)4-2-17/h5-7,9,12H,1-4,8H2,(H,23,24,25)/t12-/m0/s1. The molecule has 25 heavy (non-hydrogen) atoms. The highest BCUT2D eigenvalue weighted by Crippen LogP contribution is 2.63. The molecule has 0 radical (unpaired) electrons. The summed E-state index contributed by atoms with van der Waals surface area (Å²) in [6, 6.07) is 5.47. The van der Waals surface area contributed by atoms with Gasteiger partial charge in [0.2, 0.25) is 11.8 Å². The number of pyridine rings is 1. The molecule has 0 bridgehead atoms. The Kier molecular flexibility index (Phi) is 4.03. The van der Waals surface area contributed by atoms with Gasteiger partial charge in [0.15, 0.2) is 0 Å². The minimum Gasteiger partial charge on any atom is -0.310 e. The average molecular weight is 430 g/mol. The van der Waals surface area contributed by atoms with E-state index < -0.39 is 5.92 Å². The molecule has 1 amide bonds. The maximum Gasteiger partial charge on any atom is 0.248 e. The molecule has 1 aromatic heterocycles. The van der Waals surface area contributed by atoms with Crippen LogP contribution in [0.5, 0.6) is 0 Å². The number of amides is 1. The van der Waals surface area contributed by atoms with Crippen molar-refractivity contribution in [3.05, 3.63) is 33.9 Å². The van der Waals surface area contributed by atoms with Gasteiger partial charge in [-0.3, -0.25) is 4.79 Å². The summed E-state index contributed by atoms with van der Waals surface area (Å²) in [5.41, 5.74) is -0.223. The van der Waals surface area contributed by atoms with Crippen molar-refractivity contribution in [2.75, 3.05) is 5.32 Å². The molecule has 0 aliphatic heterocycles. The van der Waals surface area contributed by atoms with Gasteiger partial charge < -0.3 is 5.32 Å². The Balaban J connectivity index is 1.47. The number of anilines is 1. The molecule has 132 valence electrons. The number of aromatic nitrogens is 1. The highest BCUT2D eigenvalue weighted by molar-refractivity contribution is 9.10. The third-order valence-corrected chi connectivity index (χ3v) is 6.69. The van der Waals surface area contributed by atoms with Gasteiger partial charge in [-0.15, -0.1) is 0 Å². The molecule has 3 nitrogen and oxygen atoms in total. The Hall–Kier alpha value is -1.27. The van der Waals surface area contributed by atoms with Gasteiger partial charge in [0.25, 0.3) is 0 Å². The first kappa shape index (κ1) is 17.2. The zero-order chi connectivity index (χ0) is 17.8. The lowest BCUT2D eigenvalue weighted by Crippen LogP contribution is -2.28. The Morgan fingerprint density at radius 3 is 2.64 bits per heavy atom. The van der Waals surface area contributed by atoms with Crippen molar-refractivity contribution in [3.8, 4) is 0 Å². The quantitative estimate of drug-likeness (QED) is 0.655. The second-order valence-corrected chi connectivity index (χ2v) is 8.41. The number of nitrogens with one attached hydrogen (secondary N) is 1. The molecule has 1 spiro atoms. The van der Waals surface area contributed by atoms with E-state index in [0.29, 0.717) is 30.1 Å². The van der Waals surface area contributed by atoms with Crippen LogP contribution in [-0.4, -0.2) is 16.8 Å². The summed E-state index contributed by atoms with van der Waals surface area (Å²) in [6.45, 7) is 0. The van der Waals surface area contributed by atoms with E-state index in [-0.39, 0.29) is 30.1 Å². The number of benzene rings is 1. The zero-order valence-electron chi connectivity index (χ0n) is 13.3. The monoisotopic (exact) mass is 428 g/mol. The number of rotatable bonds is 2. The second-order valence-electron chi connectivity index (χ2n) is 7.15. The van der Waals surface area contributed by atoms with E-state index >= 15 is 0 Å². The van der Waals surface area contributed by atoms with E-state index in [1.807, 2.05) is 6.07 Å². The van der Waals surface area contributed by atoms with Crippen molar-refractivity contribution in [3.63, 3.8) is 0 Å². The Bertz CT molecular complexity index is 864. The van der Waals surface area contributed by atoms with Crippen LogP contribution in [0.1, 0.15) is 32.1 Å². The number of hydrogen-bond donors (Lipinski definition) is 1. The van der Waals surface area contributed by atoms with Gasteiger partial charge in [-0.1, -0.05) is 11.6 Å². The van der Waals surface area contributed by atoms with Crippen LogP contribution in [0.3, 0.4) is 0 Å². The molecule has 2 aliphatic carbocycles. The summed E-state index contributed by atoms with van der Waals surface area (Å²) < 4.78 is 27.4. The van der Waals surface area contributed by atoms with Crippen molar-refractivity contribution in [1.82, 2.24) is 4.98 Å². The molecule has 1 atom stereocenters. The van der Waals surface area contributed by atoms with Crippen LogP contribution in [-0.2, 0) is 4.79 Å². The topological polar surface area (TPSA) is 42.0 Å². The van der Waals surface area contributed by atoms with Gasteiger partial charge >= 0.3 is 0 Å². The molecule has 2 saturated carbocycles. The van der Waals surface area contributed by atoms with Gasteiger partial charge in [0.05, 0.1) is 5.02 Å². The fourth-order valence-corrected chi connectivity index (χ4v) is 4.34. The van der Waals surface area contributed by atoms with Crippen molar-refractivity contribution in [1.29, 1.82) is 0 Å². The smallest absolute Gasteiger partial charge is 0.248 e. The van der Waals surface area contributed by atoms with Gasteiger partial charge in [-0.2, -0.15) is 0 Å². The predicted octanol–water partition coefficient (Wildman–Crippen LogP) is 5.80. The normalized spacial score (nSPS) is 23.6. The zero-order valence-corrected chi connectivity index (χ0v) is 15.6. The third-order valence-electron chi connectivity index (χ3n) is 5.50. The Morgan fingerprint density at radius 1 is 1.20 bits per heavy atom. The van der Waals surface area contributed by atoms with E-state index in [1.54, 1.807) is 18.3 Å². The summed E-state index contributed by atoms with van der Waals surface area (Å²) in [5.74, 6) is -2.40. The Morgan fingerprint density at radius 2 is 1.92 bits per heavy atom. The van der Waals surface area contributed by atoms with Crippen molar-refractivity contribution < 1.29 is 13.6 Å². The molecule has 0 saturated heterocycles. The van der Waals surface area contributed by atoms with Crippen LogP contribution < -0.4 is 5.32 Å². The number of halogens is 4. The number of carbonyl (C=O) groups excluding carboxylic acids is 1. The number of nitrogens with zero attached hydrogens (tertiary/aromatic N) is 1. The fraction of sp³-hybridized carbons (Fsp3) is 0.444. The largest absolute Gasteiger partial charge is 0.310 e. The SMILES string of the molecule is O=C(Nc1cc2cc(Br)c(Cl)cc2cn1)[C@@H]1CC12CCC(F)(F)CC2. The minimum atomic E-state index is -2.57. The number of hydrogen-bond acceptors (Lipinski definition) is 2. The Labute approximate surface area is 157 Å². The summed E-state index contributed by atoms with van der Waals surface area (Å²) in [7, 11) is 0. The maximum atomic E-state index is 13.3. The summed E-state index contributed by atoms with van der Waals surface area (Å²) in [4.78, 5) is 16.8. The predicted molar refractivity (Wildman–Crippen MR) is 97.0 cm³/mol. The fourth-order valence-electron chi connectivity index (χ4n) is 3.80. The van der Waals surface area contributed by atoms with E-state index in [4.69, 9.17) is 11.6 Å². The molecule has 1 heterocycles.